The van der Waals surface area contributed by atoms with Crippen molar-refractivity contribution in [1.29, 1.82) is 0 Å². The van der Waals surface area contributed by atoms with Crippen molar-refractivity contribution in [2.45, 2.75) is 53.1 Å². The van der Waals surface area contributed by atoms with E-state index < -0.39 is 11.9 Å². The van der Waals surface area contributed by atoms with Crippen LogP contribution in [0.15, 0.2) is 0 Å². The molecule has 20 heavy (non-hydrogen) atoms. The third-order valence-electron chi connectivity index (χ3n) is 3.47. The summed E-state index contributed by atoms with van der Waals surface area (Å²) < 4.78 is 0. The van der Waals surface area contributed by atoms with Crippen LogP contribution < -0.4 is 5.48 Å². The maximum Gasteiger partial charge on any atom is 0.435 e. The lowest BCUT2D eigenvalue weighted by molar-refractivity contribution is -0.168. The van der Waals surface area contributed by atoms with E-state index in [1.807, 2.05) is 0 Å². The van der Waals surface area contributed by atoms with Crippen molar-refractivity contribution in [3.05, 3.63) is 0 Å². The zero-order chi connectivity index (χ0) is 15.7. The van der Waals surface area contributed by atoms with Crippen LogP contribution in [-0.4, -0.2) is 34.8 Å². The molecule has 6 heteroatoms. The quantitative estimate of drug-likeness (QED) is 0.539. The minimum Gasteiger partial charge on any atom is -0.473 e. The first-order valence-corrected chi connectivity index (χ1v) is 7.14. The highest BCUT2D eigenvalue weighted by molar-refractivity contribution is 6.28. The molecule has 0 aromatic rings. The van der Waals surface area contributed by atoms with Gasteiger partial charge in [0.05, 0.1) is 6.10 Å². The molecule has 0 spiro atoms. The van der Waals surface area contributed by atoms with E-state index in [-0.39, 0.29) is 6.10 Å². The van der Waals surface area contributed by atoms with Crippen molar-refractivity contribution in [3.8, 4) is 0 Å². The molecular formula is C14H27NO5. The third-order valence-corrected chi connectivity index (χ3v) is 3.47. The predicted molar refractivity (Wildman–Crippen MR) is 74.8 cm³/mol. The zero-order valence-electron chi connectivity index (χ0n) is 12.8. The van der Waals surface area contributed by atoms with E-state index >= 15 is 0 Å². The first-order chi connectivity index (χ1) is 9.29. The van der Waals surface area contributed by atoms with Gasteiger partial charge in [0.25, 0.3) is 0 Å². The molecule has 0 saturated heterocycles. The summed E-state index contributed by atoms with van der Waals surface area (Å²) in [4.78, 5) is 23.7. The summed E-state index contributed by atoms with van der Waals surface area (Å²) in [5, 5.41) is 17.6. The summed E-state index contributed by atoms with van der Waals surface area (Å²) in [6.45, 7) is 8.72. The average Bonchev–Trinajstić information content (AvgIpc) is 2.35. The topological polar surface area (TPSA) is 95.9 Å². The Hall–Kier alpha value is -1.14. The number of carboxylic acids is 1. The van der Waals surface area contributed by atoms with Crippen LogP contribution in [0.1, 0.15) is 47.0 Å². The lowest BCUT2D eigenvalue weighted by Gasteiger charge is -2.33. The number of aliphatic hydroxyl groups excluding tert-OH is 1. The Labute approximate surface area is 120 Å². The van der Waals surface area contributed by atoms with Gasteiger partial charge < -0.3 is 15.1 Å². The fraction of sp³-hybridized carbons (Fsp3) is 0.857. The fourth-order valence-corrected chi connectivity index (χ4v) is 2.33. The van der Waals surface area contributed by atoms with E-state index in [9.17, 15) is 14.7 Å². The summed E-state index contributed by atoms with van der Waals surface area (Å²) in [6, 6.07) is 0. The van der Waals surface area contributed by atoms with Gasteiger partial charge in [0.2, 0.25) is 0 Å². The van der Waals surface area contributed by atoms with Crippen molar-refractivity contribution in [2.24, 2.45) is 17.8 Å². The molecule has 3 unspecified atom stereocenters. The van der Waals surface area contributed by atoms with E-state index in [4.69, 9.17) is 5.11 Å². The minimum absolute atomic E-state index is 0.0289. The molecule has 1 aliphatic carbocycles. The Morgan fingerprint density at radius 1 is 1.35 bits per heavy atom. The van der Waals surface area contributed by atoms with E-state index in [1.165, 1.54) is 12.8 Å². The van der Waals surface area contributed by atoms with Gasteiger partial charge in [-0.2, -0.15) is 5.48 Å². The summed E-state index contributed by atoms with van der Waals surface area (Å²) in [6.07, 6.45) is 3.52. The smallest absolute Gasteiger partial charge is 0.435 e. The maximum atomic E-state index is 10.0. The number of rotatable bonds is 3. The Kier molecular flexibility index (Phi) is 9.16. The van der Waals surface area contributed by atoms with E-state index in [0.717, 1.165) is 12.3 Å². The van der Waals surface area contributed by atoms with Crippen LogP contribution in [0.2, 0.25) is 0 Å². The van der Waals surface area contributed by atoms with Gasteiger partial charge in [-0.1, -0.05) is 27.2 Å². The highest BCUT2D eigenvalue weighted by Gasteiger charge is 2.28. The monoisotopic (exact) mass is 289 g/mol. The highest BCUT2D eigenvalue weighted by Crippen LogP contribution is 2.33. The first kappa shape index (κ1) is 18.9. The SMILES string of the molecule is CC1CCC(C(C)C)C(O)C1.CCNOC(=O)C(=O)O. The van der Waals surface area contributed by atoms with Gasteiger partial charge in [-0.25, -0.2) is 9.59 Å². The lowest BCUT2D eigenvalue weighted by Crippen LogP contribution is -2.31. The van der Waals surface area contributed by atoms with Gasteiger partial charge >= 0.3 is 11.9 Å². The number of aliphatic hydroxyl groups is 1. The molecule has 1 fully saturated rings. The Morgan fingerprint density at radius 3 is 2.35 bits per heavy atom. The Bertz CT molecular complexity index is 306. The molecule has 0 aromatic heterocycles. The van der Waals surface area contributed by atoms with Crippen LogP contribution in [0.25, 0.3) is 0 Å². The number of hydroxylamine groups is 1. The molecule has 0 amide bonds. The standard InChI is InChI=1S/C10H20O.C4H7NO4/c1-7(2)9-5-4-8(3)6-10(9)11;1-2-5-9-4(8)3(6)7/h7-11H,4-6H2,1-3H3;5H,2H2,1H3,(H,6,7). The second-order valence-electron chi connectivity index (χ2n) is 5.59. The number of hydrogen-bond acceptors (Lipinski definition) is 5. The van der Waals surface area contributed by atoms with E-state index in [1.54, 1.807) is 6.92 Å². The molecule has 3 atom stereocenters. The van der Waals surface area contributed by atoms with E-state index in [0.29, 0.717) is 18.4 Å². The number of aliphatic carboxylic acids is 1. The first-order valence-electron chi connectivity index (χ1n) is 7.14. The second-order valence-corrected chi connectivity index (χ2v) is 5.59. The maximum absolute atomic E-state index is 10.0. The van der Waals surface area contributed by atoms with Gasteiger partial charge in [0.15, 0.2) is 0 Å². The van der Waals surface area contributed by atoms with Crippen LogP contribution in [0.5, 0.6) is 0 Å². The molecule has 0 aliphatic heterocycles. The molecule has 1 saturated carbocycles. The summed E-state index contributed by atoms with van der Waals surface area (Å²) >= 11 is 0. The third kappa shape index (κ3) is 7.45. The molecule has 0 radical (unpaired) electrons. The Morgan fingerprint density at radius 2 is 1.95 bits per heavy atom. The van der Waals surface area contributed by atoms with Gasteiger partial charge in [0.1, 0.15) is 0 Å². The fourth-order valence-electron chi connectivity index (χ4n) is 2.33. The summed E-state index contributed by atoms with van der Waals surface area (Å²) in [7, 11) is 0. The highest BCUT2D eigenvalue weighted by atomic mass is 16.7. The van der Waals surface area contributed by atoms with Gasteiger partial charge in [-0.3, -0.25) is 0 Å². The summed E-state index contributed by atoms with van der Waals surface area (Å²) in [5.74, 6) is -0.948. The molecule has 0 bridgehead atoms. The zero-order valence-corrected chi connectivity index (χ0v) is 12.8. The van der Waals surface area contributed by atoms with Crippen LogP contribution >= 0.6 is 0 Å². The number of nitrogens with one attached hydrogen (secondary N) is 1. The molecule has 0 heterocycles. The van der Waals surface area contributed by atoms with Crippen LogP contribution in [0.4, 0.5) is 0 Å². The number of carboxylic acid groups (broad SMARTS) is 1. The molecular weight excluding hydrogens is 262 g/mol. The van der Waals surface area contributed by atoms with Gasteiger partial charge in [-0.15, -0.1) is 0 Å². The number of hydrogen-bond donors (Lipinski definition) is 3. The molecule has 118 valence electrons. The van der Waals surface area contributed by atoms with Crippen LogP contribution in [0.3, 0.4) is 0 Å². The largest absolute Gasteiger partial charge is 0.473 e. The van der Waals surface area contributed by atoms with Crippen molar-refractivity contribution in [2.75, 3.05) is 6.54 Å². The van der Waals surface area contributed by atoms with Crippen LogP contribution in [0, 0.1) is 17.8 Å². The average molecular weight is 289 g/mol. The number of carbonyl (C=O) groups is 2. The van der Waals surface area contributed by atoms with Gasteiger partial charge in [-0.05, 0) is 37.5 Å². The minimum atomic E-state index is -1.60. The lowest BCUT2D eigenvalue weighted by atomic mass is 9.75. The predicted octanol–water partition coefficient (Wildman–Crippen LogP) is 1.58. The summed E-state index contributed by atoms with van der Waals surface area (Å²) in [5.41, 5.74) is 2.10. The molecule has 0 aromatic carbocycles. The van der Waals surface area contributed by atoms with Crippen LogP contribution in [-0.2, 0) is 14.4 Å². The molecule has 1 rings (SSSR count). The second kappa shape index (κ2) is 9.72. The molecule has 3 N–H and O–H groups in total. The Balaban J connectivity index is 0.000000370. The van der Waals surface area contributed by atoms with Crippen molar-refractivity contribution < 1.29 is 24.6 Å². The van der Waals surface area contributed by atoms with Crippen molar-refractivity contribution >= 4 is 11.9 Å². The number of carbonyl (C=O) groups excluding carboxylic acids is 1. The van der Waals surface area contributed by atoms with Crippen molar-refractivity contribution in [3.63, 3.8) is 0 Å². The van der Waals surface area contributed by atoms with Gasteiger partial charge in [0, 0.05) is 6.54 Å². The molecule has 1 aliphatic rings. The van der Waals surface area contributed by atoms with Crippen molar-refractivity contribution in [1.82, 2.24) is 5.48 Å². The molecule has 6 nitrogen and oxygen atoms in total. The normalized spacial score (nSPS) is 25.6. The van der Waals surface area contributed by atoms with E-state index in [2.05, 4.69) is 31.1 Å².